The summed E-state index contributed by atoms with van der Waals surface area (Å²) < 4.78 is 0. The summed E-state index contributed by atoms with van der Waals surface area (Å²) in [4.78, 5) is 18.1. The van der Waals surface area contributed by atoms with E-state index in [2.05, 4.69) is 20.5 Å². The zero-order chi connectivity index (χ0) is 18.9. The largest absolute Gasteiger partial charge is 0.356 e. The Hall–Kier alpha value is -1.80. The van der Waals surface area contributed by atoms with Crippen LogP contribution in [0.15, 0.2) is 53.5 Å². The molecule has 0 aliphatic heterocycles. The van der Waals surface area contributed by atoms with Crippen molar-refractivity contribution in [3.8, 4) is 0 Å². The number of hydrogen-bond donors (Lipinski definition) is 2. The van der Waals surface area contributed by atoms with E-state index in [4.69, 9.17) is 11.6 Å². The van der Waals surface area contributed by atoms with Crippen molar-refractivity contribution in [2.75, 3.05) is 27.7 Å². The van der Waals surface area contributed by atoms with Crippen LogP contribution in [0.5, 0.6) is 0 Å². The fourth-order valence-electron chi connectivity index (χ4n) is 2.65. The van der Waals surface area contributed by atoms with E-state index in [9.17, 15) is 4.79 Å². The zero-order valence-corrected chi connectivity index (χ0v) is 18.9. The van der Waals surface area contributed by atoms with Gasteiger partial charge in [0.25, 0.3) is 5.91 Å². The first kappa shape index (κ1) is 23.2. The molecule has 0 spiro atoms. The van der Waals surface area contributed by atoms with Gasteiger partial charge in [-0.2, -0.15) is 0 Å². The maximum Gasteiger partial charge on any atom is 0.251 e. The molecule has 0 aliphatic carbocycles. The molecule has 1 amide bonds. The second-order valence-electron chi connectivity index (χ2n) is 5.99. The highest BCUT2D eigenvalue weighted by Crippen LogP contribution is 2.11. The van der Waals surface area contributed by atoms with E-state index in [0.29, 0.717) is 5.56 Å². The molecule has 0 aliphatic rings. The quantitative estimate of drug-likeness (QED) is 0.362. The minimum absolute atomic E-state index is 0. The van der Waals surface area contributed by atoms with Crippen LogP contribution in [0.25, 0.3) is 0 Å². The number of nitrogens with one attached hydrogen (secondary N) is 2. The Morgan fingerprint density at radius 1 is 1.15 bits per heavy atom. The van der Waals surface area contributed by atoms with Gasteiger partial charge in [0.1, 0.15) is 0 Å². The molecule has 2 aromatic carbocycles. The van der Waals surface area contributed by atoms with Crippen molar-refractivity contribution in [2.45, 2.75) is 13.0 Å². The van der Waals surface area contributed by atoms with Crippen molar-refractivity contribution in [3.63, 3.8) is 0 Å². The molecule has 0 heterocycles. The molecule has 0 aromatic heterocycles. The minimum atomic E-state index is -0.0710. The van der Waals surface area contributed by atoms with Crippen LogP contribution in [0, 0.1) is 0 Å². The highest BCUT2D eigenvalue weighted by molar-refractivity contribution is 14.0. The first-order valence-electron chi connectivity index (χ1n) is 8.50. The molecular weight excluding hydrogens is 475 g/mol. The molecule has 7 heteroatoms. The van der Waals surface area contributed by atoms with Gasteiger partial charge in [-0.1, -0.05) is 35.9 Å². The van der Waals surface area contributed by atoms with Gasteiger partial charge in [0.05, 0.1) is 0 Å². The van der Waals surface area contributed by atoms with Crippen LogP contribution in [0.2, 0.25) is 5.02 Å². The smallest absolute Gasteiger partial charge is 0.251 e. The standard InChI is InChI=1S/C20H25ClN4O.HI/c1-22-19(26)17-6-4-5-15(13-17)11-12-24-20(23-2)25(3)14-16-7-9-18(21)10-8-16;/h4-10,13H,11-12,14H2,1-3H3,(H,22,26)(H,23,24);1H. The molecule has 0 fully saturated rings. The van der Waals surface area contributed by atoms with Gasteiger partial charge in [-0.25, -0.2) is 0 Å². The third-order valence-electron chi connectivity index (χ3n) is 4.02. The van der Waals surface area contributed by atoms with Crippen LogP contribution in [0.3, 0.4) is 0 Å². The summed E-state index contributed by atoms with van der Waals surface area (Å²) in [6, 6.07) is 15.5. The van der Waals surface area contributed by atoms with E-state index in [1.165, 1.54) is 0 Å². The molecule has 0 bridgehead atoms. The predicted octanol–water partition coefficient (Wildman–Crippen LogP) is 3.57. The van der Waals surface area contributed by atoms with Gasteiger partial charge in [-0.3, -0.25) is 9.79 Å². The topological polar surface area (TPSA) is 56.7 Å². The first-order chi connectivity index (χ1) is 12.5. The monoisotopic (exact) mass is 500 g/mol. The average molecular weight is 501 g/mol. The molecule has 0 unspecified atom stereocenters. The number of carbonyl (C=O) groups excluding carboxylic acids is 1. The number of aliphatic imine (C=N–C) groups is 1. The van der Waals surface area contributed by atoms with Gasteiger partial charge in [0.2, 0.25) is 0 Å². The zero-order valence-electron chi connectivity index (χ0n) is 15.8. The summed E-state index contributed by atoms with van der Waals surface area (Å²) >= 11 is 5.93. The van der Waals surface area contributed by atoms with Gasteiger partial charge < -0.3 is 15.5 Å². The van der Waals surface area contributed by atoms with Gasteiger partial charge in [-0.05, 0) is 41.8 Å². The van der Waals surface area contributed by atoms with Gasteiger partial charge in [-0.15, -0.1) is 24.0 Å². The van der Waals surface area contributed by atoms with Gasteiger partial charge >= 0.3 is 0 Å². The Kier molecular flexibility index (Phi) is 10.2. The van der Waals surface area contributed by atoms with Crippen LogP contribution < -0.4 is 10.6 Å². The predicted molar refractivity (Wildman–Crippen MR) is 123 cm³/mol. The molecule has 0 atom stereocenters. The van der Waals surface area contributed by atoms with Gasteiger partial charge in [0, 0.05) is 44.8 Å². The summed E-state index contributed by atoms with van der Waals surface area (Å²) in [5, 5.41) is 6.74. The molecule has 2 N–H and O–H groups in total. The van der Waals surface area contributed by atoms with Crippen LogP contribution in [-0.2, 0) is 13.0 Å². The number of guanidine groups is 1. The SMILES string of the molecule is CN=C(NCCc1cccc(C(=O)NC)c1)N(C)Cc1ccc(Cl)cc1.I. The van der Waals surface area contributed by atoms with Crippen molar-refractivity contribution < 1.29 is 4.79 Å². The summed E-state index contributed by atoms with van der Waals surface area (Å²) in [5.41, 5.74) is 2.95. The molecule has 2 aromatic rings. The van der Waals surface area contributed by atoms with Crippen molar-refractivity contribution in [1.29, 1.82) is 0 Å². The van der Waals surface area contributed by atoms with Crippen molar-refractivity contribution >= 4 is 47.4 Å². The van der Waals surface area contributed by atoms with Crippen LogP contribution >= 0.6 is 35.6 Å². The van der Waals surface area contributed by atoms with E-state index < -0.39 is 0 Å². The molecule has 5 nitrogen and oxygen atoms in total. The number of hydrogen-bond acceptors (Lipinski definition) is 2. The summed E-state index contributed by atoms with van der Waals surface area (Å²) in [6.45, 7) is 1.47. The lowest BCUT2D eigenvalue weighted by atomic mass is 10.1. The highest BCUT2D eigenvalue weighted by Gasteiger charge is 2.07. The second kappa shape index (κ2) is 11.8. The summed E-state index contributed by atoms with van der Waals surface area (Å²) in [5.74, 6) is 0.751. The van der Waals surface area contributed by atoms with Crippen LogP contribution in [-0.4, -0.2) is 44.5 Å². The van der Waals surface area contributed by atoms with E-state index in [-0.39, 0.29) is 29.9 Å². The Morgan fingerprint density at radius 2 is 1.85 bits per heavy atom. The second-order valence-corrected chi connectivity index (χ2v) is 6.42. The number of rotatable bonds is 6. The lowest BCUT2D eigenvalue weighted by Crippen LogP contribution is -2.39. The third-order valence-corrected chi connectivity index (χ3v) is 4.27. The van der Waals surface area contributed by atoms with E-state index in [1.807, 2.05) is 55.6 Å². The third kappa shape index (κ3) is 7.38. The molecule has 0 saturated heterocycles. The molecule has 0 saturated carbocycles. The van der Waals surface area contributed by atoms with Crippen LogP contribution in [0.1, 0.15) is 21.5 Å². The van der Waals surface area contributed by atoms with E-state index in [1.54, 1.807) is 14.1 Å². The van der Waals surface area contributed by atoms with Crippen molar-refractivity contribution in [2.24, 2.45) is 4.99 Å². The Balaban J connectivity index is 0.00000364. The van der Waals surface area contributed by atoms with Crippen molar-refractivity contribution in [3.05, 3.63) is 70.2 Å². The van der Waals surface area contributed by atoms with Crippen LogP contribution in [0.4, 0.5) is 0 Å². The first-order valence-corrected chi connectivity index (χ1v) is 8.88. The number of halogens is 2. The van der Waals surface area contributed by atoms with Gasteiger partial charge in [0.15, 0.2) is 5.96 Å². The molecule has 2 rings (SSSR count). The molecular formula is C20H26ClIN4O. The highest BCUT2D eigenvalue weighted by atomic mass is 127. The Morgan fingerprint density at radius 3 is 2.48 bits per heavy atom. The van der Waals surface area contributed by atoms with E-state index >= 15 is 0 Å². The number of carbonyl (C=O) groups is 1. The van der Waals surface area contributed by atoms with E-state index in [0.717, 1.165) is 41.6 Å². The maximum absolute atomic E-state index is 11.7. The normalized spacial score (nSPS) is 10.7. The van der Waals surface area contributed by atoms with Crippen molar-refractivity contribution in [1.82, 2.24) is 15.5 Å². The summed E-state index contributed by atoms with van der Waals surface area (Å²) in [6.07, 6.45) is 0.804. The molecule has 27 heavy (non-hydrogen) atoms. The fraction of sp³-hybridized carbons (Fsp3) is 0.300. The maximum atomic E-state index is 11.7. The number of nitrogens with zero attached hydrogens (tertiary/aromatic N) is 2. The lowest BCUT2D eigenvalue weighted by Gasteiger charge is -2.22. The summed E-state index contributed by atoms with van der Waals surface area (Å²) in [7, 11) is 5.40. The number of amides is 1. The fourth-order valence-corrected chi connectivity index (χ4v) is 2.78. The minimum Gasteiger partial charge on any atom is -0.356 e. The Bertz CT molecular complexity index is 765. The number of benzene rings is 2. The molecule has 0 radical (unpaired) electrons. The lowest BCUT2D eigenvalue weighted by molar-refractivity contribution is 0.0963. The molecule has 146 valence electrons. The Labute approximate surface area is 183 Å². The average Bonchev–Trinajstić information content (AvgIpc) is 2.66.